The quantitative estimate of drug-likeness (QED) is 0.349. The molecule has 0 atom stereocenters. The summed E-state index contributed by atoms with van der Waals surface area (Å²) in [6.45, 7) is 1.72. The molecule has 2 heterocycles. The molecule has 8 nitrogen and oxygen atoms in total. The van der Waals surface area contributed by atoms with Crippen molar-refractivity contribution in [2.45, 2.75) is 12.1 Å². The number of hydrogen-bond acceptors (Lipinski definition) is 7. The van der Waals surface area contributed by atoms with Crippen molar-refractivity contribution in [1.29, 1.82) is 0 Å². The number of nitrogens with one attached hydrogen (secondary N) is 1. The van der Waals surface area contributed by atoms with E-state index >= 15 is 0 Å². The summed E-state index contributed by atoms with van der Waals surface area (Å²) in [5, 5.41) is 16.5. The maximum Gasteiger partial charge on any atom is 0.342 e. The average Bonchev–Trinajstić information content (AvgIpc) is 3.30. The molecule has 2 aromatic heterocycles. The van der Waals surface area contributed by atoms with Crippen molar-refractivity contribution < 1.29 is 23.8 Å². The number of aromatic amines is 1. The van der Waals surface area contributed by atoms with Gasteiger partial charge in [0.05, 0.1) is 17.7 Å². The van der Waals surface area contributed by atoms with Gasteiger partial charge in [-0.2, -0.15) is 0 Å². The Labute approximate surface area is 168 Å². The van der Waals surface area contributed by atoms with Crippen LogP contribution < -0.4 is 0 Å². The predicted octanol–water partition coefficient (Wildman–Crippen LogP) is 4.03. The number of carboxylic acid groups (broad SMARTS) is 1. The van der Waals surface area contributed by atoms with Crippen molar-refractivity contribution in [3.8, 4) is 11.3 Å². The van der Waals surface area contributed by atoms with Crippen molar-refractivity contribution in [1.82, 2.24) is 15.2 Å². The molecule has 28 heavy (non-hydrogen) atoms. The highest BCUT2D eigenvalue weighted by Crippen LogP contribution is 2.30. The van der Waals surface area contributed by atoms with Crippen molar-refractivity contribution in [2.75, 3.05) is 7.11 Å². The summed E-state index contributed by atoms with van der Waals surface area (Å²) < 4.78 is 10.4. The molecular formula is C18H14ClN3O5S. The molecule has 0 aliphatic heterocycles. The highest BCUT2D eigenvalue weighted by Gasteiger charge is 2.16. The van der Waals surface area contributed by atoms with E-state index in [0.29, 0.717) is 28.1 Å². The fraction of sp³-hybridized carbons (Fsp3) is 0.111. The van der Waals surface area contributed by atoms with Gasteiger partial charge in [0.15, 0.2) is 0 Å². The number of nitrogens with zero attached hydrogens (tertiary/aromatic N) is 2. The Bertz CT molecular complexity index is 1070. The van der Waals surface area contributed by atoms with Crippen LogP contribution in [0.5, 0.6) is 0 Å². The van der Waals surface area contributed by atoms with Gasteiger partial charge in [0, 0.05) is 11.6 Å². The number of halogens is 1. The lowest BCUT2D eigenvalue weighted by molar-refractivity contribution is -0.131. The number of H-pyrrole nitrogens is 1. The molecule has 0 radical (unpaired) electrons. The van der Waals surface area contributed by atoms with Gasteiger partial charge in [0.2, 0.25) is 5.16 Å². The number of furan rings is 1. The molecule has 1 aromatic carbocycles. The third kappa shape index (κ3) is 4.44. The van der Waals surface area contributed by atoms with Gasteiger partial charge >= 0.3 is 11.9 Å². The van der Waals surface area contributed by atoms with E-state index in [2.05, 4.69) is 15.2 Å². The molecule has 3 aromatic rings. The zero-order valence-electron chi connectivity index (χ0n) is 14.7. The van der Waals surface area contributed by atoms with Crippen LogP contribution in [-0.4, -0.2) is 39.3 Å². The van der Waals surface area contributed by atoms with Crippen LogP contribution in [0.4, 0.5) is 0 Å². The number of carbonyl (C=O) groups is 2. The lowest BCUT2D eigenvalue weighted by Gasteiger charge is -2.04. The van der Waals surface area contributed by atoms with Gasteiger partial charge < -0.3 is 14.3 Å². The van der Waals surface area contributed by atoms with E-state index in [1.807, 2.05) is 0 Å². The number of ether oxygens (including phenoxy) is 1. The predicted molar refractivity (Wildman–Crippen MR) is 103 cm³/mol. The van der Waals surface area contributed by atoms with E-state index < -0.39 is 11.9 Å². The summed E-state index contributed by atoms with van der Waals surface area (Å²) in [4.78, 5) is 27.4. The Kier molecular flexibility index (Phi) is 5.86. The van der Waals surface area contributed by atoms with Crippen LogP contribution in [0, 0.1) is 6.92 Å². The number of carbonyl (C=O) groups excluding carboxylic acids is 1. The summed E-state index contributed by atoms with van der Waals surface area (Å²) in [7, 11) is 1.27. The number of esters is 1. The molecule has 0 spiro atoms. The molecule has 2 N–H and O–H groups in total. The van der Waals surface area contributed by atoms with Gasteiger partial charge in [-0.05, 0) is 49.0 Å². The number of carboxylic acids is 1. The first-order chi connectivity index (χ1) is 13.4. The van der Waals surface area contributed by atoms with E-state index in [4.69, 9.17) is 20.8 Å². The van der Waals surface area contributed by atoms with Gasteiger partial charge in [-0.3, -0.25) is 5.10 Å². The van der Waals surface area contributed by atoms with Crippen LogP contribution in [0.1, 0.15) is 21.9 Å². The highest BCUT2D eigenvalue weighted by atomic mass is 35.5. The lowest BCUT2D eigenvalue weighted by atomic mass is 10.1. The maximum atomic E-state index is 11.8. The minimum atomic E-state index is -1.13. The second kappa shape index (κ2) is 8.32. The summed E-state index contributed by atoms with van der Waals surface area (Å²) in [5.74, 6) is -0.357. The molecule has 0 saturated carbocycles. The molecule has 0 aliphatic rings. The van der Waals surface area contributed by atoms with E-state index in [1.165, 1.54) is 13.2 Å². The number of rotatable bonds is 6. The molecule has 0 amide bonds. The second-order valence-electron chi connectivity index (χ2n) is 5.51. The van der Waals surface area contributed by atoms with E-state index in [0.717, 1.165) is 11.8 Å². The van der Waals surface area contributed by atoms with Crippen LogP contribution in [0.2, 0.25) is 5.02 Å². The zero-order chi connectivity index (χ0) is 20.3. The molecule has 0 aliphatic carbocycles. The molecule has 0 saturated heterocycles. The van der Waals surface area contributed by atoms with E-state index in [9.17, 15) is 14.7 Å². The Balaban J connectivity index is 1.89. The van der Waals surface area contributed by atoms with Crippen LogP contribution >= 0.6 is 23.4 Å². The number of methoxy groups -OCH3 is 1. The SMILES string of the molecule is COC(=O)c1cc(-c2ccc(/C=C(\Sc3n[nH]c(C)n3)C(=O)O)o2)ccc1Cl. The minimum Gasteiger partial charge on any atom is -0.477 e. The van der Waals surface area contributed by atoms with Crippen molar-refractivity contribution in [3.63, 3.8) is 0 Å². The van der Waals surface area contributed by atoms with Crippen LogP contribution in [0.3, 0.4) is 0 Å². The number of aromatic nitrogens is 3. The summed E-state index contributed by atoms with van der Waals surface area (Å²) in [5.41, 5.74) is 0.801. The monoisotopic (exact) mass is 419 g/mol. The fourth-order valence-corrected chi connectivity index (χ4v) is 3.19. The number of thioether (sulfide) groups is 1. The van der Waals surface area contributed by atoms with Gasteiger partial charge in [0.25, 0.3) is 0 Å². The lowest BCUT2D eigenvalue weighted by Crippen LogP contribution is -2.02. The number of benzene rings is 1. The van der Waals surface area contributed by atoms with Gasteiger partial charge in [-0.15, -0.1) is 5.10 Å². The number of aryl methyl sites for hydroxylation is 1. The average molecular weight is 420 g/mol. The summed E-state index contributed by atoms with van der Waals surface area (Å²) >= 11 is 6.92. The largest absolute Gasteiger partial charge is 0.477 e. The fourth-order valence-electron chi connectivity index (χ4n) is 2.26. The van der Waals surface area contributed by atoms with Crippen molar-refractivity contribution in [2.24, 2.45) is 0 Å². The summed E-state index contributed by atoms with van der Waals surface area (Å²) in [6.07, 6.45) is 1.37. The Morgan fingerprint density at radius 3 is 2.75 bits per heavy atom. The van der Waals surface area contributed by atoms with Crippen LogP contribution in [0.25, 0.3) is 17.4 Å². The van der Waals surface area contributed by atoms with E-state index in [1.54, 1.807) is 37.3 Å². The van der Waals surface area contributed by atoms with Crippen LogP contribution in [0.15, 0.2) is 44.8 Å². The smallest absolute Gasteiger partial charge is 0.342 e. The van der Waals surface area contributed by atoms with Gasteiger partial charge in [-0.1, -0.05) is 11.6 Å². The molecule has 3 rings (SSSR count). The minimum absolute atomic E-state index is 0.00810. The first kappa shape index (κ1) is 19.7. The number of aliphatic carboxylic acids is 1. The Morgan fingerprint density at radius 2 is 2.11 bits per heavy atom. The van der Waals surface area contributed by atoms with Gasteiger partial charge in [0.1, 0.15) is 22.3 Å². The number of hydrogen-bond donors (Lipinski definition) is 2. The molecule has 10 heteroatoms. The first-order valence-electron chi connectivity index (χ1n) is 7.87. The first-order valence-corrected chi connectivity index (χ1v) is 9.06. The molecule has 0 fully saturated rings. The van der Waals surface area contributed by atoms with Crippen molar-refractivity contribution >= 4 is 41.4 Å². The zero-order valence-corrected chi connectivity index (χ0v) is 16.3. The Hall–Kier alpha value is -3.04. The Morgan fingerprint density at radius 1 is 1.32 bits per heavy atom. The van der Waals surface area contributed by atoms with Crippen molar-refractivity contribution in [3.05, 3.63) is 57.4 Å². The van der Waals surface area contributed by atoms with Gasteiger partial charge in [-0.25, -0.2) is 14.6 Å². The topological polar surface area (TPSA) is 118 Å². The normalized spacial score (nSPS) is 11.5. The molecule has 0 unspecified atom stereocenters. The standard InChI is InChI=1S/C18H14ClN3O5S/c1-9-20-18(22-21-9)28-15(16(23)24)8-11-4-6-14(27-11)10-3-5-13(19)12(7-10)17(25)26-2/h3-8H,1-2H3,(H,23,24)(H,20,21,22)/b15-8-. The maximum absolute atomic E-state index is 11.8. The third-order valence-electron chi connectivity index (χ3n) is 3.55. The third-order valence-corrected chi connectivity index (χ3v) is 4.75. The second-order valence-corrected chi connectivity index (χ2v) is 6.92. The molecule has 0 bridgehead atoms. The molecular weight excluding hydrogens is 406 g/mol. The molecule has 144 valence electrons. The summed E-state index contributed by atoms with van der Waals surface area (Å²) in [6, 6.07) is 8.07. The highest BCUT2D eigenvalue weighted by molar-refractivity contribution is 8.04. The van der Waals surface area contributed by atoms with Crippen LogP contribution in [-0.2, 0) is 9.53 Å². The van der Waals surface area contributed by atoms with E-state index in [-0.39, 0.29) is 15.5 Å².